The van der Waals surface area contributed by atoms with Gasteiger partial charge in [0.2, 0.25) is 5.88 Å². The Kier molecular flexibility index (Phi) is 5.53. The number of nitrogen functional groups attached to an aromatic ring is 1. The summed E-state index contributed by atoms with van der Waals surface area (Å²) in [6.45, 7) is 2.06. The predicted molar refractivity (Wildman–Crippen MR) is 110 cm³/mol. The molecule has 8 heteroatoms. The molecule has 30 heavy (non-hydrogen) atoms. The molecule has 1 unspecified atom stereocenters. The largest absolute Gasteiger partial charge is 0.472 e. The van der Waals surface area contributed by atoms with Crippen LogP contribution in [0.15, 0.2) is 24.5 Å². The third-order valence-electron chi connectivity index (χ3n) is 6.02. The first-order valence-electron chi connectivity index (χ1n) is 10.2. The lowest BCUT2D eigenvalue weighted by atomic mass is 9.77. The maximum Gasteiger partial charge on any atom is 0.267 e. The van der Waals surface area contributed by atoms with E-state index in [-0.39, 0.29) is 41.6 Å². The molecular weight excluding hydrogens is 385 g/mol. The summed E-state index contributed by atoms with van der Waals surface area (Å²) >= 11 is 0. The van der Waals surface area contributed by atoms with Crippen molar-refractivity contribution < 1.29 is 13.9 Å². The number of hydrogen-bond acceptors (Lipinski definition) is 6. The van der Waals surface area contributed by atoms with Gasteiger partial charge in [-0.05, 0) is 62.1 Å². The first kappa shape index (κ1) is 20.1. The highest BCUT2D eigenvalue weighted by Gasteiger charge is 2.32. The van der Waals surface area contributed by atoms with Crippen molar-refractivity contribution in [2.75, 3.05) is 17.2 Å². The topological polar surface area (TPSA) is 105 Å². The molecule has 1 aliphatic carbocycles. The zero-order valence-corrected chi connectivity index (χ0v) is 16.8. The number of halogens is 1. The summed E-state index contributed by atoms with van der Waals surface area (Å²) in [5.41, 5.74) is 7.12. The average Bonchev–Trinajstić information content (AvgIpc) is 2.85. The number of rotatable bonds is 3. The van der Waals surface area contributed by atoms with Crippen molar-refractivity contribution in [3.8, 4) is 11.9 Å². The van der Waals surface area contributed by atoms with Gasteiger partial charge >= 0.3 is 0 Å². The number of fused-ring (bicyclic) bond motifs is 1. The van der Waals surface area contributed by atoms with Gasteiger partial charge < -0.3 is 15.4 Å². The van der Waals surface area contributed by atoms with E-state index >= 15 is 4.39 Å². The number of nitriles is 1. The number of amides is 1. The van der Waals surface area contributed by atoms with Gasteiger partial charge in [0.15, 0.2) is 0 Å². The molecule has 0 bridgehead atoms. The van der Waals surface area contributed by atoms with E-state index < -0.39 is 5.91 Å². The van der Waals surface area contributed by atoms with Crippen LogP contribution < -0.4 is 15.4 Å². The molecule has 1 atom stereocenters. The SMILES string of the molecule is CC1CN(c2ccc(C3CCC(CC#N)CC3)c(F)c2)C(=O)c2c(N)ncnc2O1. The van der Waals surface area contributed by atoms with E-state index in [1.165, 1.54) is 17.3 Å². The second-order valence-corrected chi connectivity index (χ2v) is 8.07. The number of anilines is 2. The summed E-state index contributed by atoms with van der Waals surface area (Å²) in [6, 6.07) is 7.19. The van der Waals surface area contributed by atoms with Crippen LogP contribution in [0.3, 0.4) is 0 Å². The van der Waals surface area contributed by atoms with Gasteiger partial charge in [-0.1, -0.05) is 6.07 Å². The van der Waals surface area contributed by atoms with E-state index in [2.05, 4.69) is 16.0 Å². The first-order valence-corrected chi connectivity index (χ1v) is 10.2. The normalized spacial score (nSPS) is 23.8. The van der Waals surface area contributed by atoms with Crippen molar-refractivity contribution in [1.29, 1.82) is 5.26 Å². The number of ether oxygens (including phenoxy) is 1. The lowest BCUT2D eigenvalue weighted by Crippen LogP contribution is -2.36. The molecule has 2 aliphatic rings. The van der Waals surface area contributed by atoms with Gasteiger partial charge in [0.25, 0.3) is 5.91 Å². The standard InChI is InChI=1S/C22H24FN5O2/c1-13-11-28(22(29)19-20(25)26-12-27-21(19)30-13)16-6-7-17(18(23)10-16)15-4-2-14(3-5-15)8-9-24/h6-7,10,12-15H,2-5,8,11H2,1H3,(H2,25,26,27). The fourth-order valence-corrected chi connectivity index (χ4v) is 4.42. The van der Waals surface area contributed by atoms with Gasteiger partial charge in [0.05, 0.1) is 12.6 Å². The third kappa shape index (κ3) is 3.80. The first-order chi connectivity index (χ1) is 14.5. The highest BCUT2D eigenvalue weighted by molar-refractivity contribution is 6.10. The summed E-state index contributed by atoms with van der Waals surface area (Å²) in [4.78, 5) is 22.5. The molecule has 2 heterocycles. The van der Waals surface area contributed by atoms with Crippen LogP contribution in [0.2, 0.25) is 0 Å². The second-order valence-electron chi connectivity index (χ2n) is 8.07. The quantitative estimate of drug-likeness (QED) is 0.826. The Hall–Kier alpha value is -3.21. The molecule has 0 saturated heterocycles. The summed E-state index contributed by atoms with van der Waals surface area (Å²) in [7, 11) is 0. The molecular formula is C22H24FN5O2. The number of carbonyl (C=O) groups excluding carboxylic acids is 1. The lowest BCUT2D eigenvalue weighted by Gasteiger charge is -2.28. The van der Waals surface area contributed by atoms with Gasteiger partial charge in [0, 0.05) is 12.1 Å². The van der Waals surface area contributed by atoms with E-state index in [0.717, 1.165) is 25.7 Å². The van der Waals surface area contributed by atoms with Gasteiger partial charge in [-0.25, -0.2) is 14.4 Å². The maximum absolute atomic E-state index is 15.1. The van der Waals surface area contributed by atoms with Crippen molar-refractivity contribution in [2.45, 2.75) is 51.0 Å². The minimum Gasteiger partial charge on any atom is -0.472 e. The zero-order valence-electron chi connectivity index (χ0n) is 16.8. The van der Waals surface area contributed by atoms with Crippen molar-refractivity contribution in [3.63, 3.8) is 0 Å². The second kappa shape index (κ2) is 8.27. The number of carbonyl (C=O) groups is 1. The Bertz CT molecular complexity index is 998. The molecule has 0 radical (unpaired) electrons. The number of nitrogens with zero attached hydrogens (tertiary/aromatic N) is 4. The fraction of sp³-hybridized carbons (Fsp3) is 0.455. The molecule has 4 rings (SSSR count). The van der Waals surface area contributed by atoms with Gasteiger partial charge in [0.1, 0.15) is 29.6 Å². The van der Waals surface area contributed by atoms with Crippen LogP contribution in [0.5, 0.6) is 5.88 Å². The number of benzene rings is 1. The summed E-state index contributed by atoms with van der Waals surface area (Å²) in [5.74, 6) is 0.0124. The lowest BCUT2D eigenvalue weighted by molar-refractivity contribution is 0.0988. The molecule has 1 fully saturated rings. The van der Waals surface area contributed by atoms with Crippen molar-refractivity contribution in [2.24, 2.45) is 5.92 Å². The Labute approximate surface area is 174 Å². The molecule has 2 N–H and O–H groups in total. The Balaban J connectivity index is 1.59. The molecule has 1 saturated carbocycles. The third-order valence-corrected chi connectivity index (χ3v) is 6.02. The van der Waals surface area contributed by atoms with Gasteiger partial charge in [-0.3, -0.25) is 4.79 Å². The Morgan fingerprint density at radius 1 is 1.30 bits per heavy atom. The van der Waals surface area contributed by atoms with Crippen LogP contribution in [0.25, 0.3) is 0 Å². The summed E-state index contributed by atoms with van der Waals surface area (Å²) in [6.07, 6.45) is 5.10. The van der Waals surface area contributed by atoms with E-state index in [1.807, 2.05) is 6.92 Å². The monoisotopic (exact) mass is 409 g/mol. The van der Waals surface area contributed by atoms with Crippen LogP contribution in [0.1, 0.15) is 60.9 Å². The maximum atomic E-state index is 15.1. The highest BCUT2D eigenvalue weighted by atomic mass is 19.1. The predicted octanol–water partition coefficient (Wildman–Crippen LogP) is 3.81. The van der Waals surface area contributed by atoms with Crippen molar-refractivity contribution in [1.82, 2.24) is 9.97 Å². The molecule has 1 aliphatic heterocycles. The van der Waals surface area contributed by atoms with Crippen molar-refractivity contribution in [3.05, 3.63) is 41.5 Å². The summed E-state index contributed by atoms with van der Waals surface area (Å²) in [5, 5.41) is 8.87. The fourth-order valence-electron chi connectivity index (χ4n) is 4.42. The number of hydrogen-bond donors (Lipinski definition) is 1. The van der Waals surface area contributed by atoms with E-state index in [9.17, 15) is 4.79 Å². The summed E-state index contributed by atoms with van der Waals surface area (Å²) < 4.78 is 20.8. The molecule has 7 nitrogen and oxygen atoms in total. The number of aromatic nitrogens is 2. The minimum absolute atomic E-state index is 0.0373. The molecule has 0 spiro atoms. The molecule has 156 valence electrons. The van der Waals surface area contributed by atoms with Crippen LogP contribution >= 0.6 is 0 Å². The van der Waals surface area contributed by atoms with Gasteiger partial charge in [-0.15, -0.1) is 0 Å². The molecule has 1 amide bonds. The van der Waals surface area contributed by atoms with Gasteiger partial charge in [-0.2, -0.15) is 5.26 Å². The highest BCUT2D eigenvalue weighted by Crippen LogP contribution is 2.39. The van der Waals surface area contributed by atoms with Crippen LogP contribution in [-0.4, -0.2) is 28.5 Å². The van der Waals surface area contributed by atoms with E-state index in [1.54, 1.807) is 12.1 Å². The van der Waals surface area contributed by atoms with Crippen LogP contribution in [-0.2, 0) is 0 Å². The molecule has 2 aromatic rings. The van der Waals surface area contributed by atoms with Crippen LogP contribution in [0.4, 0.5) is 15.9 Å². The number of nitrogens with two attached hydrogens (primary N) is 1. The molecule has 1 aromatic carbocycles. The average molecular weight is 409 g/mol. The zero-order chi connectivity index (χ0) is 21.3. The van der Waals surface area contributed by atoms with E-state index in [4.69, 9.17) is 15.7 Å². The minimum atomic E-state index is -0.406. The van der Waals surface area contributed by atoms with Crippen LogP contribution in [0, 0.1) is 23.1 Å². The van der Waals surface area contributed by atoms with Crippen molar-refractivity contribution >= 4 is 17.4 Å². The Morgan fingerprint density at radius 3 is 2.77 bits per heavy atom. The smallest absolute Gasteiger partial charge is 0.267 e. The molecule has 1 aromatic heterocycles. The Morgan fingerprint density at radius 2 is 2.07 bits per heavy atom. The van der Waals surface area contributed by atoms with E-state index in [0.29, 0.717) is 23.6 Å².